The van der Waals surface area contributed by atoms with Crippen molar-refractivity contribution in [3.05, 3.63) is 55.7 Å². The summed E-state index contributed by atoms with van der Waals surface area (Å²) in [5.74, 6) is 0. The highest BCUT2D eigenvalue weighted by Gasteiger charge is 2.16. The molecule has 0 radical (unpaired) electrons. The third kappa shape index (κ3) is 2.39. The van der Waals surface area contributed by atoms with Gasteiger partial charge in [-0.25, -0.2) is 0 Å². The molecular formula is C14H15ClOS. The Morgan fingerprint density at radius 3 is 2.47 bits per heavy atom. The van der Waals surface area contributed by atoms with Crippen molar-refractivity contribution in [2.45, 2.75) is 26.9 Å². The van der Waals surface area contributed by atoms with Crippen LogP contribution >= 0.6 is 22.9 Å². The van der Waals surface area contributed by atoms with E-state index in [1.54, 1.807) is 0 Å². The molecule has 0 saturated heterocycles. The van der Waals surface area contributed by atoms with Crippen LogP contribution in [0.1, 0.15) is 33.2 Å². The number of aliphatic hydroxyl groups excluding tert-OH is 1. The highest BCUT2D eigenvalue weighted by atomic mass is 35.5. The summed E-state index contributed by atoms with van der Waals surface area (Å²) >= 11 is 7.49. The van der Waals surface area contributed by atoms with Crippen molar-refractivity contribution >= 4 is 22.9 Å². The van der Waals surface area contributed by atoms with Gasteiger partial charge in [-0.2, -0.15) is 0 Å². The van der Waals surface area contributed by atoms with Crippen molar-refractivity contribution in [2.75, 3.05) is 0 Å². The molecule has 2 rings (SSSR count). The van der Waals surface area contributed by atoms with E-state index < -0.39 is 6.10 Å². The van der Waals surface area contributed by atoms with Gasteiger partial charge in [-0.3, -0.25) is 0 Å². The molecule has 0 bridgehead atoms. The first-order valence-corrected chi connectivity index (χ1v) is 6.70. The molecule has 0 saturated carbocycles. The van der Waals surface area contributed by atoms with Crippen LogP contribution in [0.2, 0.25) is 4.34 Å². The molecule has 0 aliphatic heterocycles. The fourth-order valence-corrected chi connectivity index (χ4v) is 3.06. The van der Waals surface area contributed by atoms with E-state index in [9.17, 15) is 5.11 Å². The van der Waals surface area contributed by atoms with Gasteiger partial charge in [-0.15, -0.1) is 11.3 Å². The Labute approximate surface area is 111 Å². The lowest BCUT2D eigenvalue weighted by molar-refractivity contribution is 0.223. The van der Waals surface area contributed by atoms with E-state index in [1.807, 2.05) is 32.0 Å². The lowest BCUT2D eigenvalue weighted by atomic mass is 9.98. The van der Waals surface area contributed by atoms with Crippen LogP contribution in [0.25, 0.3) is 0 Å². The van der Waals surface area contributed by atoms with E-state index in [1.165, 1.54) is 16.9 Å². The van der Waals surface area contributed by atoms with Crippen molar-refractivity contribution in [3.8, 4) is 0 Å². The fraction of sp³-hybridized carbons (Fsp3) is 0.286. The minimum Gasteiger partial charge on any atom is -0.383 e. The van der Waals surface area contributed by atoms with E-state index in [0.29, 0.717) is 0 Å². The molecule has 1 nitrogen and oxygen atoms in total. The first kappa shape index (κ1) is 12.6. The summed E-state index contributed by atoms with van der Waals surface area (Å²) in [6, 6.07) is 7.95. The summed E-state index contributed by atoms with van der Waals surface area (Å²) < 4.78 is 0.754. The van der Waals surface area contributed by atoms with Gasteiger partial charge in [-0.05, 0) is 49.1 Å². The second-order valence-corrected chi connectivity index (χ2v) is 5.98. The number of aliphatic hydroxyl groups is 1. The highest BCUT2D eigenvalue weighted by molar-refractivity contribution is 7.16. The van der Waals surface area contributed by atoms with Gasteiger partial charge < -0.3 is 5.11 Å². The molecular weight excluding hydrogens is 252 g/mol. The van der Waals surface area contributed by atoms with E-state index in [0.717, 1.165) is 25.9 Å². The van der Waals surface area contributed by atoms with Gasteiger partial charge in [0.05, 0.1) is 4.34 Å². The Hall–Kier alpha value is -0.830. The van der Waals surface area contributed by atoms with Crippen LogP contribution in [0.4, 0.5) is 0 Å². The van der Waals surface area contributed by atoms with Crippen LogP contribution in [0.5, 0.6) is 0 Å². The molecule has 1 aromatic heterocycles. The van der Waals surface area contributed by atoms with Gasteiger partial charge in [-0.1, -0.05) is 29.8 Å². The Morgan fingerprint density at radius 2 is 1.88 bits per heavy atom. The molecule has 1 heterocycles. The first-order valence-electron chi connectivity index (χ1n) is 5.50. The van der Waals surface area contributed by atoms with Gasteiger partial charge in [0.2, 0.25) is 0 Å². The maximum atomic E-state index is 10.4. The average molecular weight is 267 g/mol. The molecule has 0 spiro atoms. The number of halogens is 1. The molecule has 1 unspecified atom stereocenters. The van der Waals surface area contributed by atoms with Crippen molar-refractivity contribution in [2.24, 2.45) is 0 Å². The van der Waals surface area contributed by atoms with Crippen LogP contribution in [0.15, 0.2) is 24.3 Å². The zero-order chi connectivity index (χ0) is 12.6. The fourth-order valence-electron chi connectivity index (χ4n) is 1.84. The first-order chi connectivity index (χ1) is 8.00. The molecule has 0 aliphatic rings. The van der Waals surface area contributed by atoms with Crippen molar-refractivity contribution < 1.29 is 5.11 Å². The molecule has 0 fully saturated rings. The van der Waals surface area contributed by atoms with E-state index in [4.69, 9.17) is 11.6 Å². The Bertz CT molecular complexity index is 526. The third-order valence-corrected chi connectivity index (χ3v) is 4.69. The molecule has 0 amide bonds. The Kier molecular flexibility index (Phi) is 3.57. The molecule has 0 aliphatic carbocycles. The molecule has 3 heteroatoms. The normalized spacial score (nSPS) is 12.8. The van der Waals surface area contributed by atoms with Gasteiger partial charge in [0, 0.05) is 4.88 Å². The number of hydrogen-bond donors (Lipinski definition) is 1. The molecule has 17 heavy (non-hydrogen) atoms. The average Bonchev–Trinajstić information content (AvgIpc) is 2.62. The molecule has 90 valence electrons. The number of benzene rings is 1. The van der Waals surface area contributed by atoms with Gasteiger partial charge >= 0.3 is 0 Å². The molecule has 1 N–H and O–H groups in total. The summed E-state index contributed by atoms with van der Waals surface area (Å²) in [4.78, 5) is 0.904. The largest absolute Gasteiger partial charge is 0.383 e. The smallest absolute Gasteiger partial charge is 0.114 e. The topological polar surface area (TPSA) is 20.2 Å². The molecule has 1 aromatic carbocycles. The zero-order valence-corrected chi connectivity index (χ0v) is 11.7. The van der Waals surface area contributed by atoms with Gasteiger partial charge in [0.25, 0.3) is 0 Å². The second-order valence-electron chi connectivity index (χ2n) is 4.30. The van der Waals surface area contributed by atoms with Crippen LogP contribution in [-0.2, 0) is 0 Å². The van der Waals surface area contributed by atoms with Crippen LogP contribution in [-0.4, -0.2) is 5.11 Å². The minimum absolute atomic E-state index is 0.578. The number of rotatable bonds is 2. The highest BCUT2D eigenvalue weighted by Crippen LogP contribution is 2.35. The van der Waals surface area contributed by atoms with E-state index >= 15 is 0 Å². The van der Waals surface area contributed by atoms with E-state index in [2.05, 4.69) is 13.0 Å². The second kappa shape index (κ2) is 4.81. The zero-order valence-electron chi connectivity index (χ0n) is 10.1. The summed E-state index contributed by atoms with van der Waals surface area (Å²) in [5, 5.41) is 10.4. The summed E-state index contributed by atoms with van der Waals surface area (Å²) in [5.41, 5.74) is 4.32. The Balaban J connectivity index is 2.43. The summed E-state index contributed by atoms with van der Waals surface area (Å²) in [6.07, 6.45) is -0.578. The summed E-state index contributed by atoms with van der Waals surface area (Å²) in [6.45, 7) is 6.05. The lowest BCUT2D eigenvalue weighted by Crippen LogP contribution is -2.01. The van der Waals surface area contributed by atoms with Crippen molar-refractivity contribution in [1.29, 1.82) is 0 Å². The summed E-state index contributed by atoms with van der Waals surface area (Å²) in [7, 11) is 0. The maximum Gasteiger partial charge on any atom is 0.114 e. The van der Waals surface area contributed by atoms with Gasteiger partial charge in [0.1, 0.15) is 6.10 Å². The van der Waals surface area contributed by atoms with Crippen molar-refractivity contribution in [1.82, 2.24) is 0 Å². The van der Waals surface area contributed by atoms with Gasteiger partial charge in [0.15, 0.2) is 0 Å². The van der Waals surface area contributed by atoms with Crippen LogP contribution in [0, 0.1) is 20.8 Å². The molecule has 1 atom stereocenters. The van der Waals surface area contributed by atoms with Crippen molar-refractivity contribution in [3.63, 3.8) is 0 Å². The van der Waals surface area contributed by atoms with E-state index in [-0.39, 0.29) is 0 Å². The number of thiophene rings is 1. The molecule has 2 aromatic rings. The number of hydrogen-bond acceptors (Lipinski definition) is 2. The quantitative estimate of drug-likeness (QED) is 0.854. The SMILES string of the molecule is Cc1cc(C(O)c2cccc(C)c2C)sc1Cl. The minimum atomic E-state index is -0.578. The lowest BCUT2D eigenvalue weighted by Gasteiger charge is -2.13. The predicted molar refractivity (Wildman–Crippen MR) is 74.0 cm³/mol. The number of aryl methyl sites for hydroxylation is 2. The monoisotopic (exact) mass is 266 g/mol. The third-order valence-electron chi connectivity index (χ3n) is 3.09. The maximum absolute atomic E-state index is 10.4. The predicted octanol–water partition coefficient (Wildman–Crippen LogP) is 4.41. The van der Waals surface area contributed by atoms with Crippen LogP contribution < -0.4 is 0 Å². The van der Waals surface area contributed by atoms with Crippen LogP contribution in [0.3, 0.4) is 0 Å². The Morgan fingerprint density at radius 1 is 1.18 bits per heavy atom. The standard InChI is InChI=1S/C14H15ClOS/c1-8-5-4-6-11(10(8)3)13(16)12-7-9(2)14(15)17-12/h4-7,13,16H,1-3H3.